The standard InChI is InChI=1S/C20H19NO5S/c1-3-24-14-9-7-13(8-10-14)15-12-27-19(17(15)20(23)25-4-2)21-18(22)16-6-5-11-26-16/h5-12H,3-4H2,1-2H3,(H,21,22). The molecule has 0 aliphatic carbocycles. The number of hydrogen-bond donors (Lipinski definition) is 1. The number of ether oxygens (including phenoxy) is 2. The summed E-state index contributed by atoms with van der Waals surface area (Å²) >= 11 is 1.26. The number of thiophene rings is 1. The Balaban J connectivity index is 1.95. The molecule has 27 heavy (non-hydrogen) atoms. The van der Waals surface area contributed by atoms with Gasteiger partial charge in [0, 0.05) is 10.9 Å². The van der Waals surface area contributed by atoms with Crippen LogP contribution in [0.5, 0.6) is 5.75 Å². The van der Waals surface area contributed by atoms with Gasteiger partial charge in [0.1, 0.15) is 16.3 Å². The summed E-state index contributed by atoms with van der Waals surface area (Å²) in [5.41, 5.74) is 1.85. The van der Waals surface area contributed by atoms with Crippen molar-refractivity contribution in [2.75, 3.05) is 18.5 Å². The van der Waals surface area contributed by atoms with Gasteiger partial charge in [-0.05, 0) is 43.7 Å². The van der Waals surface area contributed by atoms with Crippen molar-refractivity contribution in [3.05, 3.63) is 59.4 Å². The molecule has 1 aromatic carbocycles. The van der Waals surface area contributed by atoms with Gasteiger partial charge < -0.3 is 19.2 Å². The van der Waals surface area contributed by atoms with Crippen LogP contribution in [0, 0.1) is 0 Å². The van der Waals surface area contributed by atoms with Gasteiger partial charge in [-0.2, -0.15) is 0 Å². The van der Waals surface area contributed by atoms with Crippen LogP contribution in [0.25, 0.3) is 11.1 Å². The number of furan rings is 1. The van der Waals surface area contributed by atoms with E-state index in [0.29, 0.717) is 22.7 Å². The number of nitrogens with one attached hydrogen (secondary N) is 1. The molecule has 3 rings (SSSR count). The zero-order valence-corrected chi connectivity index (χ0v) is 15.8. The van der Waals surface area contributed by atoms with Crippen molar-refractivity contribution < 1.29 is 23.5 Å². The number of carbonyl (C=O) groups is 2. The van der Waals surface area contributed by atoms with E-state index in [1.807, 2.05) is 36.6 Å². The molecule has 0 aliphatic heterocycles. The van der Waals surface area contributed by atoms with E-state index >= 15 is 0 Å². The summed E-state index contributed by atoms with van der Waals surface area (Å²) < 4.78 is 15.8. The van der Waals surface area contributed by atoms with Gasteiger partial charge in [0.2, 0.25) is 0 Å². The summed E-state index contributed by atoms with van der Waals surface area (Å²) in [5, 5.41) is 4.97. The number of anilines is 1. The van der Waals surface area contributed by atoms with Crippen molar-refractivity contribution >= 4 is 28.2 Å². The van der Waals surface area contributed by atoms with Crippen LogP contribution in [-0.4, -0.2) is 25.1 Å². The van der Waals surface area contributed by atoms with Crippen LogP contribution < -0.4 is 10.1 Å². The van der Waals surface area contributed by atoms with Gasteiger partial charge in [0.05, 0.1) is 19.5 Å². The Bertz CT molecular complexity index is 913. The molecule has 0 atom stereocenters. The summed E-state index contributed by atoms with van der Waals surface area (Å²) in [4.78, 5) is 24.8. The lowest BCUT2D eigenvalue weighted by Gasteiger charge is -2.09. The Morgan fingerprint density at radius 2 is 1.89 bits per heavy atom. The van der Waals surface area contributed by atoms with Crippen LogP contribution in [0.4, 0.5) is 5.00 Å². The predicted molar refractivity (Wildman–Crippen MR) is 104 cm³/mol. The SMILES string of the molecule is CCOC(=O)c1c(-c2ccc(OCC)cc2)csc1NC(=O)c1ccco1. The lowest BCUT2D eigenvalue weighted by molar-refractivity contribution is 0.0529. The molecule has 0 saturated carbocycles. The van der Waals surface area contributed by atoms with E-state index in [-0.39, 0.29) is 12.4 Å². The molecule has 1 amide bonds. The molecule has 0 fully saturated rings. The number of hydrogen-bond acceptors (Lipinski definition) is 6. The van der Waals surface area contributed by atoms with Crippen LogP contribution in [-0.2, 0) is 4.74 Å². The third-order valence-corrected chi connectivity index (χ3v) is 4.61. The molecule has 0 aliphatic rings. The monoisotopic (exact) mass is 385 g/mol. The largest absolute Gasteiger partial charge is 0.494 e. The van der Waals surface area contributed by atoms with Crippen molar-refractivity contribution in [2.45, 2.75) is 13.8 Å². The molecule has 0 spiro atoms. The minimum absolute atomic E-state index is 0.167. The molecular weight excluding hydrogens is 366 g/mol. The van der Waals surface area contributed by atoms with Crippen LogP contribution in [0.3, 0.4) is 0 Å². The second-order valence-corrected chi connectivity index (χ2v) is 6.34. The molecule has 7 heteroatoms. The second-order valence-electron chi connectivity index (χ2n) is 5.46. The molecule has 140 valence electrons. The second kappa shape index (κ2) is 8.55. The zero-order valence-electron chi connectivity index (χ0n) is 15.0. The van der Waals surface area contributed by atoms with E-state index in [0.717, 1.165) is 11.3 Å². The van der Waals surface area contributed by atoms with E-state index in [1.165, 1.54) is 17.6 Å². The van der Waals surface area contributed by atoms with Gasteiger partial charge in [-0.1, -0.05) is 12.1 Å². The highest BCUT2D eigenvalue weighted by atomic mass is 32.1. The summed E-state index contributed by atoms with van der Waals surface area (Å²) in [5.74, 6) is 0.00404. The predicted octanol–water partition coefficient (Wildman–Crippen LogP) is 4.84. The maximum absolute atomic E-state index is 12.5. The topological polar surface area (TPSA) is 77.8 Å². The minimum Gasteiger partial charge on any atom is -0.494 e. The van der Waals surface area contributed by atoms with E-state index in [2.05, 4.69) is 5.32 Å². The highest BCUT2D eigenvalue weighted by Gasteiger charge is 2.23. The quantitative estimate of drug-likeness (QED) is 0.589. The fourth-order valence-electron chi connectivity index (χ4n) is 2.54. The van der Waals surface area contributed by atoms with Gasteiger partial charge in [-0.15, -0.1) is 11.3 Å². The third kappa shape index (κ3) is 4.20. The van der Waals surface area contributed by atoms with E-state index in [1.54, 1.807) is 19.1 Å². The van der Waals surface area contributed by atoms with Gasteiger partial charge in [-0.25, -0.2) is 4.79 Å². The highest BCUT2D eigenvalue weighted by molar-refractivity contribution is 7.15. The molecule has 2 heterocycles. The first-order valence-corrected chi connectivity index (χ1v) is 9.38. The van der Waals surface area contributed by atoms with Crippen LogP contribution in [0.15, 0.2) is 52.5 Å². The fourth-order valence-corrected chi connectivity index (χ4v) is 3.49. The van der Waals surface area contributed by atoms with Gasteiger partial charge in [0.25, 0.3) is 5.91 Å². The molecule has 0 saturated heterocycles. The number of carbonyl (C=O) groups excluding carboxylic acids is 2. The first-order chi connectivity index (χ1) is 13.1. The lowest BCUT2D eigenvalue weighted by Crippen LogP contribution is -2.14. The Labute approximate surface area is 160 Å². The lowest BCUT2D eigenvalue weighted by atomic mass is 10.0. The van der Waals surface area contributed by atoms with Gasteiger partial charge in [-0.3, -0.25) is 4.79 Å². The third-order valence-electron chi connectivity index (χ3n) is 3.72. The number of benzene rings is 1. The summed E-state index contributed by atoms with van der Waals surface area (Å²) in [7, 11) is 0. The van der Waals surface area contributed by atoms with Gasteiger partial charge in [0.15, 0.2) is 5.76 Å². The van der Waals surface area contributed by atoms with E-state index < -0.39 is 11.9 Å². The van der Waals surface area contributed by atoms with Crippen molar-refractivity contribution in [3.63, 3.8) is 0 Å². The molecule has 3 aromatic rings. The normalized spacial score (nSPS) is 10.4. The molecule has 1 N–H and O–H groups in total. The van der Waals surface area contributed by atoms with E-state index in [9.17, 15) is 9.59 Å². The molecule has 0 radical (unpaired) electrons. The molecular formula is C20H19NO5S. The van der Waals surface area contributed by atoms with Crippen LogP contribution in [0.2, 0.25) is 0 Å². The summed E-state index contributed by atoms with van der Waals surface area (Å²) in [6.45, 7) is 4.47. The molecule has 0 bridgehead atoms. The first-order valence-electron chi connectivity index (χ1n) is 8.50. The molecule has 2 aromatic heterocycles. The smallest absolute Gasteiger partial charge is 0.341 e. The Kier molecular flexibility index (Phi) is 5.93. The van der Waals surface area contributed by atoms with Crippen LogP contribution >= 0.6 is 11.3 Å². The number of esters is 1. The average Bonchev–Trinajstić information content (AvgIpc) is 3.33. The zero-order chi connectivity index (χ0) is 19.2. The van der Waals surface area contributed by atoms with Crippen molar-refractivity contribution in [1.29, 1.82) is 0 Å². The van der Waals surface area contributed by atoms with Crippen molar-refractivity contribution in [1.82, 2.24) is 0 Å². The Hall–Kier alpha value is -3.06. The maximum Gasteiger partial charge on any atom is 0.341 e. The minimum atomic E-state index is -0.489. The average molecular weight is 385 g/mol. The molecule has 0 unspecified atom stereocenters. The Morgan fingerprint density at radius 3 is 2.52 bits per heavy atom. The van der Waals surface area contributed by atoms with Gasteiger partial charge >= 0.3 is 5.97 Å². The number of rotatable bonds is 7. The highest BCUT2D eigenvalue weighted by Crippen LogP contribution is 2.37. The van der Waals surface area contributed by atoms with Crippen molar-refractivity contribution in [2.24, 2.45) is 0 Å². The summed E-state index contributed by atoms with van der Waals surface area (Å²) in [6, 6.07) is 10.6. The Morgan fingerprint density at radius 1 is 1.11 bits per heavy atom. The van der Waals surface area contributed by atoms with E-state index in [4.69, 9.17) is 13.9 Å². The maximum atomic E-state index is 12.5. The fraction of sp³-hybridized carbons (Fsp3) is 0.200. The number of amides is 1. The van der Waals surface area contributed by atoms with Crippen LogP contribution in [0.1, 0.15) is 34.8 Å². The first kappa shape index (κ1) is 18.7. The summed E-state index contributed by atoms with van der Waals surface area (Å²) in [6.07, 6.45) is 1.42. The van der Waals surface area contributed by atoms with Crippen molar-refractivity contribution in [3.8, 4) is 16.9 Å². The molecule has 6 nitrogen and oxygen atoms in total.